The Morgan fingerprint density at radius 1 is 1.35 bits per heavy atom. The van der Waals surface area contributed by atoms with Crippen LogP contribution in [-0.4, -0.2) is 29.1 Å². The highest BCUT2D eigenvalue weighted by molar-refractivity contribution is 6.01. The van der Waals surface area contributed by atoms with Crippen molar-refractivity contribution in [2.45, 2.75) is 46.0 Å². The number of pyridine rings is 1. The maximum Gasteiger partial charge on any atom is 0.173 e. The van der Waals surface area contributed by atoms with Gasteiger partial charge < -0.3 is 15.8 Å². The minimum absolute atomic E-state index is 0.152. The fraction of sp³-hybridized carbons (Fsp3) is 0.600. The Bertz CT molecular complexity index is 493. The van der Waals surface area contributed by atoms with Crippen LogP contribution in [-0.2, 0) is 12.8 Å². The van der Waals surface area contributed by atoms with Gasteiger partial charge in [-0.3, -0.25) is 0 Å². The molecular formula is C15H24N4O. The number of amidine groups is 1. The fourth-order valence-corrected chi connectivity index (χ4v) is 2.81. The minimum Gasteiger partial charge on any atom is -0.409 e. The third-order valence-corrected chi connectivity index (χ3v) is 3.70. The molecule has 0 amide bonds. The lowest BCUT2D eigenvalue weighted by molar-refractivity contribution is 0.318. The summed E-state index contributed by atoms with van der Waals surface area (Å²) in [5, 5.41) is 12.2. The van der Waals surface area contributed by atoms with Crippen LogP contribution in [0, 0.1) is 0 Å². The molecule has 0 radical (unpaired) electrons. The van der Waals surface area contributed by atoms with Crippen molar-refractivity contribution in [3.05, 3.63) is 22.9 Å². The number of nitrogens with two attached hydrogens (primary N) is 1. The summed E-state index contributed by atoms with van der Waals surface area (Å²) in [6.45, 7) is 6.18. The molecule has 0 atom stereocenters. The molecule has 0 fully saturated rings. The standard InChI is InChI=1S/C15H24N4O/c1-3-8-19(9-4-2)15-12(14(16)18-20)10-11-6-5-7-13(11)17-15/h10,20H,3-9H2,1-2H3,(H2,16,18). The smallest absolute Gasteiger partial charge is 0.173 e. The Kier molecular flexibility index (Phi) is 4.82. The molecule has 0 aromatic carbocycles. The van der Waals surface area contributed by atoms with Crippen LogP contribution in [0.2, 0.25) is 0 Å². The molecule has 1 aromatic heterocycles. The van der Waals surface area contributed by atoms with Crippen LogP contribution in [0.3, 0.4) is 0 Å². The zero-order chi connectivity index (χ0) is 14.5. The molecule has 0 bridgehead atoms. The van der Waals surface area contributed by atoms with Gasteiger partial charge in [-0.1, -0.05) is 19.0 Å². The number of nitrogens with zero attached hydrogens (tertiary/aromatic N) is 3. The van der Waals surface area contributed by atoms with Gasteiger partial charge in [0.25, 0.3) is 0 Å². The van der Waals surface area contributed by atoms with Gasteiger partial charge in [0.05, 0.1) is 5.56 Å². The van der Waals surface area contributed by atoms with Crippen LogP contribution in [0.15, 0.2) is 11.2 Å². The first-order valence-corrected chi connectivity index (χ1v) is 7.46. The summed E-state index contributed by atoms with van der Waals surface area (Å²) < 4.78 is 0. The SMILES string of the molecule is CCCN(CCC)c1nc2c(cc1C(N)=NO)CCC2. The predicted octanol–water partition coefficient (Wildman–Crippen LogP) is 2.29. The van der Waals surface area contributed by atoms with Gasteiger partial charge >= 0.3 is 0 Å². The van der Waals surface area contributed by atoms with Gasteiger partial charge in [-0.05, 0) is 43.7 Å². The maximum absolute atomic E-state index is 9.02. The van der Waals surface area contributed by atoms with E-state index in [-0.39, 0.29) is 5.84 Å². The Morgan fingerprint density at radius 3 is 2.65 bits per heavy atom. The van der Waals surface area contributed by atoms with Crippen LogP contribution in [0.5, 0.6) is 0 Å². The molecule has 0 saturated carbocycles. The van der Waals surface area contributed by atoms with Crippen LogP contribution >= 0.6 is 0 Å². The molecule has 2 rings (SSSR count). The molecule has 0 aliphatic heterocycles. The minimum atomic E-state index is 0.152. The van der Waals surface area contributed by atoms with Crippen molar-refractivity contribution < 1.29 is 5.21 Å². The highest BCUT2D eigenvalue weighted by Gasteiger charge is 2.21. The largest absolute Gasteiger partial charge is 0.409 e. The van der Waals surface area contributed by atoms with E-state index in [4.69, 9.17) is 15.9 Å². The lowest BCUT2D eigenvalue weighted by Crippen LogP contribution is -2.30. The Labute approximate surface area is 120 Å². The molecule has 1 heterocycles. The molecule has 1 aromatic rings. The van der Waals surface area contributed by atoms with Crippen molar-refractivity contribution in [1.82, 2.24) is 4.98 Å². The van der Waals surface area contributed by atoms with E-state index >= 15 is 0 Å². The average molecular weight is 276 g/mol. The highest BCUT2D eigenvalue weighted by atomic mass is 16.4. The summed E-state index contributed by atoms with van der Waals surface area (Å²) in [5.41, 5.74) is 9.02. The summed E-state index contributed by atoms with van der Waals surface area (Å²) in [6, 6.07) is 2.05. The first kappa shape index (κ1) is 14.6. The third-order valence-electron chi connectivity index (χ3n) is 3.70. The first-order chi connectivity index (χ1) is 9.71. The number of oxime groups is 1. The molecule has 3 N–H and O–H groups in total. The molecule has 1 aliphatic rings. The number of aromatic nitrogens is 1. The number of aryl methyl sites for hydroxylation is 2. The third kappa shape index (κ3) is 2.86. The van der Waals surface area contributed by atoms with E-state index in [0.29, 0.717) is 0 Å². The zero-order valence-electron chi connectivity index (χ0n) is 12.4. The second kappa shape index (κ2) is 6.59. The van der Waals surface area contributed by atoms with E-state index in [1.165, 1.54) is 11.3 Å². The average Bonchev–Trinajstić information content (AvgIpc) is 2.92. The number of fused-ring (bicyclic) bond motifs is 1. The molecule has 1 aliphatic carbocycles. The lowest BCUT2D eigenvalue weighted by atomic mass is 10.1. The summed E-state index contributed by atoms with van der Waals surface area (Å²) in [5.74, 6) is 1.02. The second-order valence-electron chi connectivity index (χ2n) is 5.29. The van der Waals surface area contributed by atoms with Crippen LogP contribution in [0.4, 0.5) is 5.82 Å². The number of anilines is 1. The Balaban J connectivity index is 2.47. The molecule has 5 heteroatoms. The topological polar surface area (TPSA) is 74.7 Å². The predicted molar refractivity (Wildman–Crippen MR) is 81.6 cm³/mol. The fourth-order valence-electron chi connectivity index (χ4n) is 2.81. The normalized spacial score (nSPS) is 14.4. The molecule has 0 saturated heterocycles. The highest BCUT2D eigenvalue weighted by Crippen LogP contribution is 2.27. The van der Waals surface area contributed by atoms with Gasteiger partial charge in [0, 0.05) is 18.8 Å². The molecule has 5 nitrogen and oxygen atoms in total. The monoisotopic (exact) mass is 276 g/mol. The van der Waals surface area contributed by atoms with E-state index in [1.807, 2.05) is 0 Å². The summed E-state index contributed by atoms with van der Waals surface area (Å²) in [4.78, 5) is 7.06. The number of hydrogen-bond acceptors (Lipinski definition) is 4. The molecule has 110 valence electrons. The zero-order valence-corrected chi connectivity index (χ0v) is 12.4. The van der Waals surface area contributed by atoms with E-state index in [9.17, 15) is 0 Å². The summed E-state index contributed by atoms with van der Waals surface area (Å²) in [7, 11) is 0. The molecular weight excluding hydrogens is 252 g/mol. The van der Waals surface area contributed by atoms with Crippen molar-refractivity contribution in [2.75, 3.05) is 18.0 Å². The van der Waals surface area contributed by atoms with E-state index in [1.54, 1.807) is 0 Å². The second-order valence-corrected chi connectivity index (χ2v) is 5.29. The number of rotatable bonds is 6. The van der Waals surface area contributed by atoms with Crippen molar-refractivity contribution in [3.8, 4) is 0 Å². The van der Waals surface area contributed by atoms with Gasteiger partial charge in [-0.25, -0.2) is 4.98 Å². The number of hydrogen-bond donors (Lipinski definition) is 2. The van der Waals surface area contributed by atoms with Crippen LogP contribution in [0.1, 0.15) is 49.9 Å². The van der Waals surface area contributed by atoms with Gasteiger partial charge in [0.15, 0.2) is 5.84 Å². The van der Waals surface area contributed by atoms with Gasteiger partial charge in [-0.15, -0.1) is 0 Å². The van der Waals surface area contributed by atoms with Crippen molar-refractivity contribution in [3.63, 3.8) is 0 Å². The van der Waals surface area contributed by atoms with Gasteiger partial charge in [0.1, 0.15) is 5.82 Å². The Morgan fingerprint density at radius 2 is 2.05 bits per heavy atom. The Hall–Kier alpha value is -1.78. The van der Waals surface area contributed by atoms with E-state index < -0.39 is 0 Å². The quantitative estimate of drug-likeness (QED) is 0.362. The first-order valence-electron chi connectivity index (χ1n) is 7.46. The maximum atomic E-state index is 9.02. The van der Waals surface area contributed by atoms with E-state index in [2.05, 4.69) is 30.0 Å². The lowest BCUT2D eigenvalue weighted by Gasteiger charge is -2.25. The molecule has 20 heavy (non-hydrogen) atoms. The van der Waals surface area contributed by atoms with Crippen molar-refractivity contribution >= 4 is 11.7 Å². The molecule has 0 unspecified atom stereocenters. The van der Waals surface area contributed by atoms with Crippen LogP contribution in [0.25, 0.3) is 0 Å². The van der Waals surface area contributed by atoms with Crippen molar-refractivity contribution in [2.24, 2.45) is 10.9 Å². The van der Waals surface area contributed by atoms with E-state index in [0.717, 1.165) is 56.6 Å². The summed E-state index contributed by atoms with van der Waals surface area (Å²) in [6.07, 6.45) is 5.31. The summed E-state index contributed by atoms with van der Waals surface area (Å²) >= 11 is 0. The van der Waals surface area contributed by atoms with Crippen molar-refractivity contribution in [1.29, 1.82) is 0 Å². The van der Waals surface area contributed by atoms with Gasteiger partial charge in [-0.2, -0.15) is 0 Å². The van der Waals surface area contributed by atoms with Crippen LogP contribution < -0.4 is 10.6 Å². The van der Waals surface area contributed by atoms with Gasteiger partial charge in [0.2, 0.25) is 0 Å². The molecule has 0 spiro atoms.